The molecule has 3 rings (SSSR count). The highest BCUT2D eigenvalue weighted by Crippen LogP contribution is 2.39. The average molecular weight is 338 g/mol. The van der Waals surface area contributed by atoms with Gasteiger partial charge in [0.15, 0.2) is 6.61 Å². The molecule has 0 spiro atoms. The molecule has 6 nitrogen and oxygen atoms in total. The maximum atomic E-state index is 12.1. The number of carboxylic acids is 1. The first kappa shape index (κ1) is 16.8. The van der Waals surface area contributed by atoms with Crippen molar-refractivity contribution in [2.45, 2.75) is 25.3 Å². The van der Waals surface area contributed by atoms with Gasteiger partial charge in [0, 0.05) is 0 Å². The number of benzene rings is 2. The third kappa shape index (κ3) is 3.56. The normalized spacial score (nSPS) is 15.8. The standard InChI is InChI=1S/C19H18N2O4/c1-19(11-20,14-6-7-14)21-17(22)10-25-16-9-13-5-3-2-4-12(13)8-15(16)18(23)24/h2-5,8-9,14H,6-7,10H2,1H3,(H,21,22)(H,23,24). The zero-order valence-corrected chi connectivity index (χ0v) is 13.8. The Hall–Kier alpha value is -3.07. The van der Waals surface area contributed by atoms with E-state index in [9.17, 15) is 20.0 Å². The van der Waals surface area contributed by atoms with Gasteiger partial charge in [0.05, 0.1) is 6.07 Å². The topological polar surface area (TPSA) is 99.4 Å². The number of hydrogen-bond donors (Lipinski definition) is 2. The second kappa shape index (κ2) is 6.44. The molecule has 1 aliphatic carbocycles. The Morgan fingerprint density at radius 1 is 1.32 bits per heavy atom. The molecule has 0 radical (unpaired) electrons. The van der Waals surface area contributed by atoms with Gasteiger partial charge in [0.25, 0.3) is 5.91 Å². The number of fused-ring (bicyclic) bond motifs is 1. The van der Waals surface area contributed by atoms with Gasteiger partial charge in [-0.2, -0.15) is 5.26 Å². The van der Waals surface area contributed by atoms with E-state index in [1.807, 2.05) is 24.3 Å². The molecule has 25 heavy (non-hydrogen) atoms. The van der Waals surface area contributed by atoms with E-state index in [-0.39, 0.29) is 23.8 Å². The smallest absolute Gasteiger partial charge is 0.339 e. The molecule has 1 fully saturated rings. The molecule has 0 aromatic heterocycles. The van der Waals surface area contributed by atoms with Gasteiger partial charge >= 0.3 is 5.97 Å². The van der Waals surface area contributed by atoms with Crippen LogP contribution in [0.1, 0.15) is 30.1 Å². The van der Waals surface area contributed by atoms with Gasteiger partial charge in [-0.05, 0) is 48.6 Å². The van der Waals surface area contributed by atoms with Gasteiger partial charge in [-0.3, -0.25) is 4.79 Å². The predicted octanol–water partition coefficient (Wildman–Crippen LogP) is 2.73. The van der Waals surface area contributed by atoms with Crippen LogP contribution in [0, 0.1) is 17.2 Å². The highest BCUT2D eigenvalue weighted by atomic mass is 16.5. The fourth-order valence-electron chi connectivity index (χ4n) is 2.86. The number of carbonyl (C=O) groups is 2. The summed E-state index contributed by atoms with van der Waals surface area (Å²) in [4.78, 5) is 23.6. The maximum Gasteiger partial charge on any atom is 0.339 e. The van der Waals surface area contributed by atoms with E-state index in [2.05, 4.69) is 11.4 Å². The quantitative estimate of drug-likeness (QED) is 0.843. The SMILES string of the molecule is CC(C#N)(NC(=O)COc1cc2ccccc2cc1C(=O)O)C1CC1. The van der Waals surface area contributed by atoms with E-state index in [0.29, 0.717) is 0 Å². The highest BCUT2D eigenvalue weighted by molar-refractivity contribution is 5.97. The number of nitrogens with one attached hydrogen (secondary N) is 1. The van der Waals surface area contributed by atoms with E-state index in [0.717, 1.165) is 23.6 Å². The molecule has 0 saturated heterocycles. The first-order valence-corrected chi connectivity index (χ1v) is 8.04. The van der Waals surface area contributed by atoms with Crippen molar-refractivity contribution in [1.29, 1.82) is 5.26 Å². The molecule has 2 aromatic carbocycles. The Morgan fingerprint density at radius 2 is 1.96 bits per heavy atom. The Bertz CT molecular complexity index is 883. The summed E-state index contributed by atoms with van der Waals surface area (Å²) in [7, 11) is 0. The molecule has 1 amide bonds. The molecule has 1 aliphatic rings. The molecule has 6 heteroatoms. The second-order valence-corrected chi connectivity index (χ2v) is 6.43. The average Bonchev–Trinajstić information content (AvgIpc) is 3.44. The van der Waals surface area contributed by atoms with E-state index < -0.39 is 17.4 Å². The minimum atomic E-state index is -1.12. The van der Waals surface area contributed by atoms with Crippen molar-refractivity contribution in [1.82, 2.24) is 5.32 Å². The number of nitrogens with zero attached hydrogens (tertiary/aromatic N) is 1. The van der Waals surface area contributed by atoms with E-state index in [1.54, 1.807) is 13.0 Å². The van der Waals surface area contributed by atoms with Crippen molar-refractivity contribution >= 4 is 22.6 Å². The summed E-state index contributed by atoms with van der Waals surface area (Å²) in [6.45, 7) is 1.35. The number of aromatic carboxylic acids is 1. The van der Waals surface area contributed by atoms with Gasteiger partial charge in [-0.15, -0.1) is 0 Å². The van der Waals surface area contributed by atoms with Crippen LogP contribution in [0.5, 0.6) is 5.75 Å². The van der Waals surface area contributed by atoms with Crippen LogP contribution in [-0.4, -0.2) is 29.1 Å². The fourth-order valence-corrected chi connectivity index (χ4v) is 2.86. The summed E-state index contributed by atoms with van der Waals surface area (Å²) in [5.74, 6) is -1.27. The van der Waals surface area contributed by atoms with Crippen LogP contribution >= 0.6 is 0 Å². The number of ether oxygens (including phenoxy) is 1. The van der Waals surface area contributed by atoms with E-state index in [4.69, 9.17) is 4.74 Å². The number of hydrogen-bond acceptors (Lipinski definition) is 4. The van der Waals surface area contributed by atoms with Crippen LogP contribution < -0.4 is 10.1 Å². The van der Waals surface area contributed by atoms with Crippen molar-refractivity contribution in [3.63, 3.8) is 0 Å². The summed E-state index contributed by atoms with van der Waals surface area (Å²) in [6.07, 6.45) is 1.83. The van der Waals surface area contributed by atoms with Crippen molar-refractivity contribution in [3.8, 4) is 11.8 Å². The zero-order chi connectivity index (χ0) is 18.0. The molecule has 1 unspecified atom stereocenters. The third-order valence-corrected chi connectivity index (χ3v) is 4.46. The molecule has 1 saturated carbocycles. The molecule has 0 aliphatic heterocycles. The lowest BCUT2D eigenvalue weighted by atomic mass is 9.98. The van der Waals surface area contributed by atoms with Crippen LogP contribution in [0.4, 0.5) is 0 Å². The molecule has 0 heterocycles. The minimum absolute atomic E-state index is 0.00302. The lowest BCUT2D eigenvalue weighted by Gasteiger charge is -2.23. The van der Waals surface area contributed by atoms with E-state index >= 15 is 0 Å². The first-order chi connectivity index (χ1) is 11.9. The molecule has 128 valence electrons. The molecule has 2 aromatic rings. The monoisotopic (exact) mass is 338 g/mol. The van der Waals surface area contributed by atoms with Crippen molar-refractivity contribution in [2.75, 3.05) is 6.61 Å². The fraction of sp³-hybridized carbons (Fsp3) is 0.316. The van der Waals surface area contributed by atoms with Gasteiger partial charge in [0.2, 0.25) is 0 Å². The summed E-state index contributed by atoms with van der Waals surface area (Å²) in [6, 6.07) is 12.6. The Morgan fingerprint density at radius 3 is 2.52 bits per heavy atom. The Kier molecular flexibility index (Phi) is 4.32. The third-order valence-electron chi connectivity index (χ3n) is 4.46. The Labute approximate surface area is 145 Å². The molecule has 1 atom stereocenters. The van der Waals surface area contributed by atoms with E-state index in [1.165, 1.54) is 6.07 Å². The Balaban J connectivity index is 1.76. The highest BCUT2D eigenvalue weighted by Gasteiger charge is 2.43. The summed E-state index contributed by atoms with van der Waals surface area (Å²) < 4.78 is 5.46. The summed E-state index contributed by atoms with van der Waals surface area (Å²) >= 11 is 0. The lowest BCUT2D eigenvalue weighted by Crippen LogP contribution is -2.48. The van der Waals surface area contributed by atoms with Crippen LogP contribution in [0.25, 0.3) is 10.8 Å². The molecular weight excluding hydrogens is 320 g/mol. The summed E-state index contributed by atoms with van der Waals surface area (Å²) in [5, 5.41) is 22.9. The minimum Gasteiger partial charge on any atom is -0.483 e. The van der Waals surface area contributed by atoms with Gasteiger partial charge in [-0.25, -0.2) is 4.79 Å². The van der Waals surface area contributed by atoms with Crippen LogP contribution in [0.2, 0.25) is 0 Å². The predicted molar refractivity (Wildman–Crippen MR) is 91.3 cm³/mol. The molecular formula is C19H18N2O4. The van der Waals surface area contributed by atoms with Crippen molar-refractivity contribution < 1.29 is 19.4 Å². The van der Waals surface area contributed by atoms with Gasteiger partial charge in [0.1, 0.15) is 16.9 Å². The number of nitriles is 1. The lowest BCUT2D eigenvalue weighted by molar-refractivity contribution is -0.124. The molecule has 2 N–H and O–H groups in total. The van der Waals surface area contributed by atoms with Crippen molar-refractivity contribution in [3.05, 3.63) is 42.0 Å². The van der Waals surface area contributed by atoms with Gasteiger partial charge in [-0.1, -0.05) is 24.3 Å². The number of carboxylic acid groups (broad SMARTS) is 1. The van der Waals surface area contributed by atoms with Crippen LogP contribution in [0.15, 0.2) is 36.4 Å². The zero-order valence-electron chi connectivity index (χ0n) is 13.8. The number of rotatable bonds is 6. The number of amides is 1. The largest absolute Gasteiger partial charge is 0.483 e. The molecule has 0 bridgehead atoms. The summed E-state index contributed by atoms with van der Waals surface area (Å²) in [5.41, 5.74) is -0.906. The van der Waals surface area contributed by atoms with Crippen molar-refractivity contribution in [2.24, 2.45) is 5.92 Å². The second-order valence-electron chi connectivity index (χ2n) is 6.43. The van der Waals surface area contributed by atoms with Gasteiger partial charge < -0.3 is 15.2 Å². The van der Waals surface area contributed by atoms with Crippen LogP contribution in [-0.2, 0) is 4.79 Å². The number of carbonyl (C=O) groups excluding carboxylic acids is 1. The maximum absolute atomic E-state index is 12.1. The first-order valence-electron chi connectivity index (χ1n) is 8.04. The van der Waals surface area contributed by atoms with Crippen LogP contribution in [0.3, 0.4) is 0 Å².